The lowest BCUT2D eigenvalue weighted by Gasteiger charge is -2.30. The Morgan fingerprint density at radius 3 is 1.93 bits per heavy atom. The van der Waals surface area contributed by atoms with Crippen molar-refractivity contribution in [2.24, 2.45) is 11.8 Å². The molecule has 3 aliphatic rings. The number of aromatic amines is 1. The molecule has 4 N–H and O–H groups in total. The molecule has 0 saturated carbocycles. The number of carbonyl (C=O) groups is 5. The molecule has 4 atom stereocenters. The molecule has 5 amide bonds. The summed E-state index contributed by atoms with van der Waals surface area (Å²) < 4.78 is 42.4. The molecule has 1 aliphatic carbocycles. The predicted octanol–water partition coefficient (Wildman–Crippen LogP) is 7.22. The lowest BCUT2D eigenvalue weighted by atomic mass is 9.98. The van der Waals surface area contributed by atoms with Crippen LogP contribution in [0.4, 0.5) is 24.1 Å². The Bertz CT molecular complexity index is 2350. The molecule has 16 heteroatoms. The second kappa shape index (κ2) is 17.3. The summed E-state index contributed by atoms with van der Waals surface area (Å²) in [5, 5.41) is 8.13. The molecule has 1 aromatic heterocycles. The Morgan fingerprint density at radius 1 is 0.754 bits per heavy atom. The first-order valence-electron chi connectivity index (χ1n) is 20.6. The number of aromatic nitrogens is 2. The highest BCUT2D eigenvalue weighted by molar-refractivity contribution is 5.99. The summed E-state index contributed by atoms with van der Waals surface area (Å²) >= 11 is 0. The van der Waals surface area contributed by atoms with Crippen LogP contribution >= 0.6 is 0 Å². The fourth-order valence-electron chi connectivity index (χ4n) is 8.60. The van der Waals surface area contributed by atoms with Crippen LogP contribution in [0.1, 0.15) is 76.4 Å². The highest BCUT2D eigenvalue weighted by Gasteiger charge is 2.45. The number of nitrogens with one attached hydrogen (secondary N) is 4. The largest absolute Gasteiger partial charge is 0.453 e. The number of nitrogens with zero attached hydrogens (tertiary/aromatic N) is 3. The van der Waals surface area contributed by atoms with Gasteiger partial charge in [-0.1, -0.05) is 64.1 Å². The van der Waals surface area contributed by atoms with E-state index in [-0.39, 0.29) is 46.7 Å². The molecule has 4 aromatic rings. The van der Waals surface area contributed by atoms with Crippen molar-refractivity contribution >= 4 is 35.6 Å². The molecular weight excluding hydrogens is 789 g/mol. The molecule has 14 nitrogen and oxygen atoms in total. The van der Waals surface area contributed by atoms with Crippen LogP contribution in [0.2, 0.25) is 0 Å². The number of hydrogen-bond donors (Lipinski definition) is 4. The van der Waals surface area contributed by atoms with Crippen molar-refractivity contribution in [3.8, 4) is 33.5 Å². The van der Waals surface area contributed by atoms with Gasteiger partial charge in [-0.25, -0.2) is 14.6 Å². The number of likely N-dealkylation sites (tertiary alicyclic amines) is 2. The van der Waals surface area contributed by atoms with Crippen molar-refractivity contribution < 1.29 is 42.2 Å². The van der Waals surface area contributed by atoms with E-state index in [0.29, 0.717) is 77.4 Å². The van der Waals surface area contributed by atoms with Gasteiger partial charge in [0.25, 0.3) is 5.92 Å². The minimum atomic E-state index is -3.33. The van der Waals surface area contributed by atoms with Crippen LogP contribution in [0.5, 0.6) is 0 Å². The first-order chi connectivity index (χ1) is 29.1. The Labute approximate surface area is 352 Å². The molecule has 3 heterocycles. The minimum absolute atomic E-state index is 0.141. The van der Waals surface area contributed by atoms with Crippen LogP contribution in [-0.4, -0.2) is 95.1 Å². The van der Waals surface area contributed by atoms with Gasteiger partial charge in [0.15, 0.2) is 0 Å². The van der Waals surface area contributed by atoms with Crippen molar-refractivity contribution in [1.82, 2.24) is 30.4 Å². The van der Waals surface area contributed by atoms with E-state index < -0.39 is 36.2 Å². The van der Waals surface area contributed by atoms with Crippen molar-refractivity contribution in [3.05, 3.63) is 83.8 Å². The van der Waals surface area contributed by atoms with E-state index in [2.05, 4.69) is 25.9 Å². The summed E-state index contributed by atoms with van der Waals surface area (Å²) in [5.74, 6) is -4.24. The van der Waals surface area contributed by atoms with E-state index in [0.717, 1.165) is 6.42 Å². The van der Waals surface area contributed by atoms with Gasteiger partial charge in [0.05, 0.1) is 32.2 Å². The number of carbonyl (C=O) groups excluding carboxylic acids is 5. The fraction of sp³-hybridized carbons (Fsp3) is 0.422. The smallest absolute Gasteiger partial charge is 0.407 e. The number of benzene rings is 3. The van der Waals surface area contributed by atoms with Gasteiger partial charge >= 0.3 is 12.2 Å². The average molecular weight is 840 g/mol. The quantitative estimate of drug-likeness (QED) is 0.123. The van der Waals surface area contributed by atoms with Gasteiger partial charge in [-0.3, -0.25) is 14.4 Å². The third-order valence-electron chi connectivity index (χ3n) is 11.8. The second-order valence-corrected chi connectivity index (χ2v) is 16.4. The van der Waals surface area contributed by atoms with Crippen LogP contribution in [-0.2, 0) is 29.8 Å². The molecular formula is C45H51F2N7O7. The van der Waals surface area contributed by atoms with Crippen molar-refractivity contribution in [2.75, 3.05) is 32.6 Å². The van der Waals surface area contributed by atoms with Gasteiger partial charge in [0.2, 0.25) is 17.7 Å². The first-order valence-corrected chi connectivity index (χ1v) is 20.6. The lowest BCUT2D eigenvalue weighted by Crippen LogP contribution is -2.54. The van der Waals surface area contributed by atoms with E-state index in [4.69, 9.17) is 9.47 Å². The summed E-state index contributed by atoms with van der Waals surface area (Å²) in [5.41, 5.74) is 3.17. The summed E-state index contributed by atoms with van der Waals surface area (Å²) in [7, 11) is 2.46. The van der Waals surface area contributed by atoms with Crippen LogP contribution < -0.4 is 16.0 Å². The molecule has 61 heavy (non-hydrogen) atoms. The molecule has 7 rings (SSSR count). The predicted molar refractivity (Wildman–Crippen MR) is 223 cm³/mol. The normalized spacial score (nSPS) is 18.7. The molecule has 2 saturated heterocycles. The van der Waals surface area contributed by atoms with Crippen LogP contribution in [0.3, 0.4) is 0 Å². The summed E-state index contributed by atoms with van der Waals surface area (Å²) in [4.78, 5) is 75.7. The van der Waals surface area contributed by atoms with Gasteiger partial charge < -0.3 is 40.2 Å². The minimum Gasteiger partial charge on any atom is -0.453 e. The van der Waals surface area contributed by atoms with Gasteiger partial charge in [0.1, 0.15) is 23.9 Å². The lowest BCUT2D eigenvalue weighted by molar-refractivity contribution is -0.139. The van der Waals surface area contributed by atoms with Crippen LogP contribution in [0.25, 0.3) is 33.5 Å². The topological polar surface area (TPSA) is 175 Å². The number of H-pyrrole nitrogens is 1. The van der Waals surface area contributed by atoms with Gasteiger partial charge in [0, 0.05) is 35.5 Å². The molecule has 322 valence electrons. The van der Waals surface area contributed by atoms with Crippen LogP contribution in [0.15, 0.2) is 66.9 Å². The molecule has 2 aliphatic heterocycles. The zero-order chi connectivity index (χ0) is 43.7. The number of ether oxygens (including phenoxy) is 2. The number of halogens is 2. The molecule has 0 spiro atoms. The number of fused-ring (bicyclic) bond motifs is 3. The van der Waals surface area contributed by atoms with Gasteiger partial charge in [-0.2, -0.15) is 8.78 Å². The third kappa shape index (κ3) is 8.40. The number of rotatable bonds is 11. The molecule has 2 fully saturated rings. The molecule has 1 unspecified atom stereocenters. The number of amides is 5. The maximum atomic E-state index is 16.5. The monoisotopic (exact) mass is 839 g/mol. The van der Waals surface area contributed by atoms with E-state index in [9.17, 15) is 24.0 Å². The zero-order valence-electron chi connectivity index (χ0n) is 35.0. The Balaban J connectivity index is 1.07. The zero-order valence-corrected chi connectivity index (χ0v) is 35.0. The fourth-order valence-corrected chi connectivity index (χ4v) is 8.60. The van der Waals surface area contributed by atoms with Crippen molar-refractivity contribution in [3.63, 3.8) is 0 Å². The number of alkyl halides is 2. The SMILES string of the molecule is COC(=O)NC(C(=O)N1CCC[C@H]1c1ncc(-c2ccc3c(c2)C(F)(F)c2cc(-c4cccc(NC(=O)[C@@H]5CCCN5C(=O)[C@@H](NC(=O)OC)C(C)C)c4)ccc2-3)[nH]1)C(C)C. The number of methoxy groups -OCH3 is 2. The molecule has 3 aromatic carbocycles. The van der Waals surface area contributed by atoms with E-state index in [1.54, 1.807) is 73.5 Å². The number of alkyl carbamates (subject to hydrolysis) is 2. The van der Waals surface area contributed by atoms with Gasteiger partial charge in [-0.15, -0.1) is 0 Å². The number of imidazole rings is 1. The second-order valence-electron chi connectivity index (χ2n) is 16.4. The summed E-state index contributed by atoms with van der Waals surface area (Å²) in [6.45, 7) is 8.12. The van der Waals surface area contributed by atoms with Crippen LogP contribution in [0, 0.1) is 11.8 Å². The van der Waals surface area contributed by atoms with E-state index in [1.807, 2.05) is 13.8 Å². The number of anilines is 1. The van der Waals surface area contributed by atoms with Gasteiger partial charge in [-0.05, 0) is 84.0 Å². The third-order valence-corrected chi connectivity index (χ3v) is 11.8. The molecule has 0 bridgehead atoms. The van der Waals surface area contributed by atoms with Crippen molar-refractivity contribution in [2.45, 2.75) is 83.5 Å². The number of hydrogen-bond acceptors (Lipinski definition) is 8. The Morgan fingerprint density at radius 2 is 1.31 bits per heavy atom. The van der Waals surface area contributed by atoms with Crippen molar-refractivity contribution in [1.29, 1.82) is 0 Å². The summed E-state index contributed by atoms with van der Waals surface area (Å²) in [6, 6.07) is 14.0. The standard InChI is InChI=1S/C45H51F2N7O7/c1-24(2)37(51-43(58)60-5)41(56)53-18-8-12-35(53)39-48-23-34(50-39)28-15-17-31-30-16-14-27(21-32(30)45(46,47)33(31)22-28)26-10-7-11-29(20-26)49-40(55)36-13-9-19-54(36)42(57)38(25(3)4)52-44(59)61-6/h7,10-11,14-17,20-25,35-38H,8-9,12-13,18-19H2,1-6H3,(H,48,50)(H,49,55)(H,51,58)(H,52,59)/t35-,36-,37?,38-/m0/s1. The maximum absolute atomic E-state index is 16.5. The highest BCUT2D eigenvalue weighted by atomic mass is 19.3. The van der Waals surface area contributed by atoms with E-state index in [1.165, 1.54) is 31.3 Å². The maximum Gasteiger partial charge on any atom is 0.407 e. The highest BCUT2D eigenvalue weighted by Crippen LogP contribution is 2.52. The average Bonchev–Trinajstić information content (AvgIpc) is 4.07. The molecule has 0 radical (unpaired) electrons. The summed E-state index contributed by atoms with van der Waals surface area (Å²) in [6.07, 6.45) is 2.60. The van der Waals surface area contributed by atoms with E-state index >= 15 is 8.78 Å². The Kier molecular flexibility index (Phi) is 12.2. The Hall–Kier alpha value is -6.32. The first kappa shape index (κ1) is 42.8.